The van der Waals surface area contributed by atoms with Crippen LogP contribution in [0.25, 0.3) is 0 Å². The molecule has 0 radical (unpaired) electrons. The lowest BCUT2D eigenvalue weighted by molar-refractivity contribution is 0.248. The van der Waals surface area contributed by atoms with Crippen molar-refractivity contribution in [1.29, 1.82) is 0 Å². The van der Waals surface area contributed by atoms with Gasteiger partial charge in [-0.3, -0.25) is 9.88 Å². The molecule has 1 aromatic heterocycles. The molecule has 0 aliphatic carbocycles. The van der Waals surface area contributed by atoms with Crippen LogP contribution in [0.1, 0.15) is 17.7 Å². The molecule has 15 heavy (non-hydrogen) atoms. The van der Waals surface area contributed by atoms with Crippen molar-refractivity contribution in [1.82, 2.24) is 15.2 Å². The third-order valence-corrected chi connectivity index (χ3v) is 3.06. The molecule has 82 valence electrons. The van der Waals surface area contributed by atoms with Gasteiger partial charge in [0.1, 0.15) is 0 Å². The molecule has 0 bridgehead atoms. The summed E-state index contributed by atoms with van der Waals surface area (Å²) in [6.45, 7) is 5.30. The highest BCUT2D eigenvalue weighted by atomic mass is 15.2. The van der Waals surface area contributed by atoms with E-state index in [4.69, 9.17) is 0 Å². The molecule has 3 nitrogen and oxygen atoms in total. The van der Waals surface area contributed by atoms with Crippen LogP contribution in [0.2, 0.25) is 0 Å². The minimum atomic E-state index is 0.686. The predicted octanol–water partition coefficient (Wildman–Crippen LogP) is 1.18. The van der Waals surface area contributed by atoms with Gasteiger partial charge in [-0.05, 0) is 38.6 Å². The van der Waals surface area contributed by atoms with Gasteiger partial charge < -0.3 is 5.32 Å². The van der Waals surface area contributed by atoms with Crippen molar-refractivity contribution in [2.75, 3.05) is 20.1 Å². The minimum absolute atomic E-state index is 0.686. The molecule has 2 heterocycles. The van der Waals surface area contributed by atoms with E-state index in [0.717, 1.165) is 25.3 Å². The van der Waals surface area contributed by atoms with Crippen LogP contribution in [0.4, 0.5) is 0 Å². The minimum Gasteiger partial charge on any atom is -0.315 e. The van der Waals surface area contributed by atoms with E-state index in [1.165, 1.54) is 12.0 Å². The number of nitrogens with zero attached hydrogens (tertiary/aromatic N) is 2. The van der Waals surface area contributed by atoms with Crippen LogP contribution in [0, 0.1) is 6.92 Å². The number of pyridine rings is 1. The van der Waals surface area contributed by atoms with E-state index in [0.29, 0.717) is 6.04 Å². The summed E-state index contributed by atoms with van der Waals surface area (Å²) < 4.78 is 0. The van der Waals surface area contributed by atoms with Crippen molar-refractivity contribution < 1.29 is 0 Å². The Morgan fingerprint density at radius 2 is 2.40 bits per heavy atom. The van der Waals surface area contributed by atoms with Crippen molar-refractivity contribution in [3.05, 3.63) is 29.6 Å². The topological polar surface area (TPSA) is 28.2 Å². The van der Waals surface area contributed by atoms with Crippen LogP contribution in [0.5, 0.6) is 0 Å². The molecule has 1 aliphatic heterocycles. The van der Waals surface area contributed by atoms with E-state index < -0.39 is 0 Å². The number of nitrogens with one attached hydrogen (secondary N) is 1. The van der Waals surface area contributed by atoms with Gasteiger partial charge in [-0.1, -0.05) is 6.07 Å². The average molecular weight is 205 g/mol. The van der Waals surface area contributed by atoms with Crippen molar-refractivity contribution in [3.8, 4) is 0 Å². The summed E-state index contributed by atoms with van der Waals surface area (Å²) in [6.07, 6.45) is 3.24. The average Bonchev–Trinajstić information content (AvgIpc) is 2.74. The van der Waals surface area contributed by atoms with Gasteiger partial charge >= 0.3 is 0 Å². The highest BCUT2D eigenvalue weighted by Crippen LogP contribution is 2.10. The highest BCUT2D eigenvalue weighted by Gasteiger charge is 2.18. The highest BCUT2D eigenvalue weighted by molar-refractivity contribution is 5.13. The second kappa shape index (κ2) is 4.73. The van der Waals surface area contributed by atoms with Gasteiger partial charge in [-0.2, -0.15) is 0 Å². The Kier molecular flexibility index (Phi) is 3.34. The maximum absolute atomic E-state index is 4.32. The van der Waals surface area contributed by atoms with Gasteiger partial charge in [0.2, 0.25) is 0 Å². The Morgan fingerprint density at radius 1 is 1.53 bits per heavy atom. The Morgan fingerprint density at radius 3 is 3.00 bits per heavy atom. The lowest BCUT2D eigenvalue weighted by atomic mass is 10.2. The van der Waals surface area contributed by atoms with Crippen molar-refractivity contribution >= 4 is 0 Å². The van der Waals surface area contributed by atoms with E-state index >= 15 is 0 Å². The second-order valence-corrected chi connectivity index (χ2v) is 4.37. The van der Waals surface area contributed by atoms with Crippen LogP contribution in [0.3, 0.4) is 0 Å². The molecule has 0 amide bonds. The fraction of sp³-hybridized carbons (Fsp3) is 0.583. The van der Waals surface area contributed by atoms with Gasteiger partial charge in [0.15, 0.2) is 0 Å². The largest absolute Gasteiger partial charge is 0.315 e. The number of hydrogen-bond acceptors (Lipinski definition) is 3. The molecule has 1 fully saturated rings. The molecule has 0 saturated carbocycles. The molecular formula is C12H19N3. The van der Waals surface area contributed by atoms with E-state index in [2.05, 4.69) is 34.4 Å². The lowest BCUT2D eigenvalue weighted by Crippen LogP contribution is -2.32. The molecule has 0 aromatic carbocycles. The van der Waals surface area contributed by atoms with Gasteiger partial charge in [-0.25, -0.2) is 0 Å². The molecular weight excluding hydrogens is 186 g/mol. The quantitative estimate of drug-likeness (QED) is 0.803. The number of aryl methyl sites for hydroxylation is 1. The summed E-state index contributed by atoms with van der Waals surface area (Å²) in [5.41, 5.74) is 2.39. The first-order valence-corrected chi connectivity index (χ1v) is 5.58. The van der Waals surface area contributed by atoms with Crippen molar-refractivity contribution in [2.24, 2.45) is 0 Å². The molecule has 1 N–H and O–H groups in total. The van der Waals surface area contributed by atoms with Gasteiger partial charge in [0.05, 0.1) is 0 Å². The summed E-state index contributed by atoms with van der Waals surface area (Å²) in [6, 6.07) is 4.93. The second-order valence-electron chi connectivity index (χ2n) is 4.37. The molecule has 1 aromatic rings. The standard InChI is InChI=1S/C12H19N3/c1-10-3-4-11(7-14-10)9-15(2)12-5-6-13-8-12/h3-4,7,12-13H,5-6,8-9H2,1-2H3. The zero-order valence-electron chi connectivity index (χ0n) is 9.53. The molecule has 3 heteroatoms. The fourth-order valence-corrected chi connectivity index (χ4v) is 2.02. The number of likely N-dealkylation sites (N-methyl/N-ethyl adjacent to an activating group) is 1. The smallest absolute Gasteiger partial charge is 0.0372 e. The van der Waals surface area contributed by atoms with Crippen molar-refractivity contribution in [3.63, 3.8) is 0 Å². The third-order valence-electron chi connectivity index (χ3n) is 3.06. The first-order chi connectivity index (χ1) is 7.25. The summed E-state index contributed by atoms with van der Waals surface area (Å²) in [5, 5.41) is 3.39. The summed E-state index contributed by atoms with van der Waals surface area (Å²) in [5.74, 6) is 0. The molecule has 1 unspecified atom stereocenters. The fourth-order valence-electron chi connectivity index (χ4n) is 2.02. The Bertz CT molecular complexity index is 301. The zero-order valence-corrected chi connectivity index (χ0v) is 9.53. The van der Waals surface area contributed by atoms with Gasteiger partial charge in [0.25, 0.3) is 0 Å². The van der Waals surface area contributed by atoms with Crippen LogP contribution >= 0.6 is 0 Å². The number of rotatable bonds is 3. The van der Waals surface area contributed by atoms with Crippen LogP contribution < -0.4 is 5.32 Å². The van der Waals surface area contributed by atoms with Crippen LogP contribution in [0.15, 0.2) is 18.3 Å². The first kappa shape index (κ1) is 10.6. The molecule has 1 saturated heterocycles. The summed E-state index contributed by atoms with van der Waals surface area (Å²) in [4.78, 5) is 6.73. The molecule has 2 rings (SSSR count). The van der Waals surface area contributed by atoms with Crippen LogP contribution in [-0.4, -0.2) is 36.1 Å². The summed E-state index contributed by atoms with van der Waals surface area (Å²) >= 11 is 0. The normalized spacial score (nSPS) is 21.1. The SMILES string of the molecule is Cc1ccc(CN(C)C2CCNC2)cn1. The van der Waals surface area contributed by atoms with Crippen LogP contribution in [-0.2, 0) is 6.54 Å². The lowest BCUT2D eigenvalue weighted by Gasteiger charge is -2.23. The van der Waals surface area contributed by atoms with Gasteiger partial charge in [-0.15, -0.1) is 0 Å². The monoisotopic (exact) mass is 205 g/mol. The van der Waals surface area contributed by atoms with E-state index in [9.17, 15) is 0 Å². The predicted molar refractivity (Wildman–Crippen MR) is 61.7 cm³/mol. The van der Waals surface area contributed by atoms with E-state index in [1.807, 2.05) is 13.1 Å². The Labute approximate surface area is 91.5 Å². The van der Waals surface area contributed by atoms with Crippen molar-refractivity contribution in [2.45, 2.75) is 25.9 Å². The van der Waals surface area contributed by atoms with E-state index in [1.54, 1.807) is 0 Å². The number of aromatic nitrogens is 1. The first-order valence-electron chi connectivity index (χ1n) is 5.58. The maximum Gasteiger partial charge on any atom is 0.0372 e. The Hall–Kier alpha value is -0.930. The molecule has 1 atom stereocenters. The zero-order chi connectivity index (χ0) is 10.7. The molecule has 1 aliphatic rings. The Balaban J connectivity index is 1.92. The summed E-state index contributed by atoms with van der Waals surface area (Å²) in [7, 11) is 2.19. The third kappa shape index (κ3) is 2.76. The number of hydrogen-bond donors (Lipinski definition) is 1. The molecule has 0 spiro atoms. The maximum atomic E-state index is 4.32. The van der Waals surface area contributed by atoms with E-state index in [-0.39, 0.29) is 0 Å². The van der Waals surface area contributed by atoms with Gasteiger partial charge in [0, 0.05) is 31.0 Å².